The van der Waals surface area contributed by atoms with Gasteiger partial charge in [0.05, 0.1) is 0 Å². The average molecular weight is 467 g/mol. The van der Waals surface area contributed by atoms with Gasteiger partial charge in [0, 0.05) is 35.3 Å². The van der Waals surface area contributed by atoms with Crippen molar-refractivity contribution in [2.45, 2.75) is 66.2 Å². The third-order valence-electron chi connectivity index (χ3n) is 6.55. The summed E-state index contributed by atoms with van der Waals surface area (Å²) < 4.78 is 0. The number of carbonyl (C=O) groups excluding carboxylic acids is 2. The van der Waals surface area contributed by atoms with Crippen LogP contribution in [0.2, 0.25) is 0 Å². The van der Waals surface area contributed by atoms with Crippen LogP contribution in [0.1, 0.15) is 61.1 Å². The lowest BCUT2D eigenvalue weighted by Crippen LogP contribution is -2.32. The molecule has 0 radical (unpaired) electrons. The Bertz CT molecular complexity index is 939. The van der Waals surface area contributed by atoms with Crippen LogP contribution in [0.15, 0.2) is 24.3 Å². The molecule has 6 heteroatoms. The van der Waals surface area contributed by atoms with Crippen molar-refractivity contribution < 1.29 is 9.59 Å². The van der Waals surface area contributed by atoms with E-state index in [1.807, 2.05) is 41.8 Å². The highest BCUT2D eigenvalue weighted by atomic mass is 16.2. The van der Waals surface area contributed by atoms with Crippen molar-refractivity contribution in [2.75, 3.05) is 37.8 Å². The average Bonchev–Trinajstić information content (AvgIpc) is 2.72. The smallest absolute Gasteiger partial charge is 0.314 e. The third kappa shape index (κ3) is 6.24. The predicted octanol–water partition coefficient (Wildman–Crippen LogP) is 4.49. The van der Waals surface area contributed by atoms with Gasteiger partial charge >= 0.3 is 11.8 Å². The lowest BCUT2D eigenvalue weighted by molar-refractivity contribution is -0.133. The van der Waals surface area contributed by atoms with E-state index in [1.54, 1.807) is 0 Å². The topological polar surface area (TPSA) is 82.3 Å². The van der Waals surface area contributed by atoms with Crippen molar-refractivity contribution >= 4 is 23.2 Å². The number of hydrogen-bond acceptors (Lipinski definition) is 4. The van der Waals surface area contributed by atoms with Crippen LogP contribution in [0.25, 0.3) is 0 Å². The fourth-order valence-corrected chi connectivity index (χ4v) is 4.53. The summed E-state index contributed by atoms with van der Waals surface area (Å²) in [5.41, 5.74) is 7.38. The van der Waals surface area contributed by atoms with Gasteiger partial charge in [-0.15, -0.1) is 0 Å². The minimum absolute atomic E-state index is 0.0485. The highest BCUT2D eigenvalue weighted by Crippen LogP contribution is 2.31. The van der Waals surface area contributed by atoms with E-state index in [0.29, 0.717) is 11.4 Å². The molecule has 0 spiro atoms. The number of aryl methyl sites for hydroxylation is 4. The van der Waals surface area contributed by atoms with Crippen LogP contribution >= 0.6 is 0 Å². The second-order valence-electron chi connectivity index (χ2n) is 10.7. The van der Waals surface area contributed by atoms with Crippen LogP contribution in [0.5, 0.6) is 0 Å². The Morgan fingerprint density at radius 1 is 0.618 bits per heavy atom. The highest BCUT2D eigenvalue weighted by Gasteiger charge is 2.24. The van der Waals surface area contributed by atoms with Crippen LogP contribution in [0, 0.1) is 27.7 Å². The Labute approximate surface area is 205 Å². The number of rotatable bonds is 8. The fraction of sp³-hybridized carbons (Fsp3) is 0.500. The van der Waals surface area contributed by atoms with Crippen molar-refractivity contribution in [2.24, 2.45) is 0 Å². The largest absolute Gasteiger partial charge is 0.319 e. The zero-order chi connectivity index (χ0) is 25.8. The van der Waals surface area contributed by atoms with Crippen molar-refractivity contribution in [3.63, 3.8) is 0 Å². The van der Waals surface area contributed by atoms with Crippen LogP contribution < -0.4 is 21.3 Å². The molecule has 0 aliphatic heterocycles. The summed E-state index contributed by atoms with van der Waals surface area (Å²) in [6, 6.07) is 8.32. The van der Waals surface area contributed by atoms with Gasteiger partial charge in [-0.2, -0.15) is 0 Å². The molecule has 0 atom stereocenters. The van der Waals surface area contributed by atoms with Gasteiger partial charge in [-0.3, -0.25) is 9.59 Å². The summed E-state index contributed by atoms with van der Waals surface area (Å²) in [5, 5.41) is 12.1. The first-order valence-corrected chi connectivity index (χ1v) is 11.9. The Morgan fingerprint density at radius 3 is 1.12 bits per heavy atom. The minimum atomic E-state index is -0.674. The van der Waals surface area contributed by atoms with Gasteiger partial charge in [-0.1, -0.05) is 52.0 Å². The maximum Gasteiger partial charge on any atom is 0.314 e. The van der Waals surface area contributed by atoms with Crippen LogP contribution in [-0.4, -0.2) is 39.0 Å². The molecule has 2 aromatic carbocycles. The zero-order valence-electron chi connectivity index (χ0n) is 22.5. The quantitative estimate of drug-likeness (QED) is 0.432. The molecule has 34 heavy (non-hydrogen) atoms. The summed E-state index contributed by atoms with van der Waals surface area (Å²) in [7, 11) is 3.88. The standard InChI is InChI=1S/C28H42N4O2/c1-17-11-21(27(5,6)15-29-9)12-18(2)23(17)31-25(33)26(34)32-24-19(3)13-22(14-20(24)4)28(7,8)16-30-10/h11-14,29-30H,15-16H2,1-10H3,(H,31,33)(H,32,34). The van der Waals surface area contributed by atoms with E-state index in [1.165, 1.54) is 11.1 Å². The molecule has 186 valence electrons. The van der Waals surface area contributed by atoms with Crippen LogP contribution in [-0.2, 0) is 20.4 Å². The van der Waals surface area contributed by atoms with E-state index >= 15 is 0 Å². The molecule has 0 unspecified atom stereocenters. The zero-order valence-corrected chi connectivity index (χ0v) is 22.5. The maximum absolute atomic E-state index is 12.8. The van der Waals surface area contributed by atoms with Gasteiger partial charge in [-0.25, -0.2) is 0 Å². The Balaban J connectivity index is 2.22. The van der Waals surface area contributed by atoms with Gasteiger partial charge in [0.25, 0.3) is 0 Å². The van der Waals surface area contributed by atoms with Gasteiger partial charge in [0.1, 0.15) is 0 Å². The first-order valence-electron chi connectivity index (χ1n) is 11.9. The van der Waals surface area contributed by atoms with E-state index in [-0.39, 0.29) is 10.8 Å². The van der Waals surface area contributed by atoms with Gasteiger partial charge in [0.2, 0.25) is 0 Å². The van der Waals surface area contributed by atoms with Crippen molar-refractivity contribution in [1.29, 1.82) is 0 Å². The normalized spacial score (nSPS) is 11.9. The molecular formula is C28H42N4O2. The number of benzene rings is 2. The molecule has 4 N–H and O–H groups in total. The molecule has 0 bridgehead atoms. The van der Waals surface area contributed by atoms with Crippen molar-refractivity contribution in [3.8, 4) is 0 Å². The monoisotopic (exact) mass is 466 g/mol. The van der Waals surface area contributed by atoms with Crippen molar-refractivity contribution in [1.82, 2.24) is 10.6 Å². The first-order chi connectivity index (χ1) is 15.7. The number of likely N-dealkylation sites (N-methyl/N-ethyl adjacent to an activating group) is 2. The summed E-state index contributed by atoms with van der Waals surface area (Å²) in [5.74, 6) is -1.35. The molecule has 6 nitrogen and oxygen atoms in total. The number of carbonyl (C=O) groups is 2. The maximum atomic E-state index is 12.8. The number of amides is 2. The molecule has 2 amide bonds. The SMILES string of the molecule is CNCC(C)(C)c1cc(C)c(NC(=O)C(=O)Nc2c(C)cc(C(C)(C)CNC)cc2C)c(C)c1. The van der Waals surface area contributed by atoms with E-state index < -0.39 is 11.8 Å². The van der Waals surface area contributed by atoms with Crippen LogP contribution in [0.4, 0.5) is 11.4 Å². The van der Waals surface area contributed by atoms with E-state index in [4.69, 9.17) is 0 Å². The van der Waals surface area contributed by atoms with Crippen LogP contribution in [0.3, 0.4) is 0 Å². The Kier molecular flexibility index (Phi) is 8.67. The number of anilines is 2. The molecule has 0 aromatic heterocycles. The first kappa shape index (κ1) is 27.5. The second kappa shape index (κ2) is 10.7. The molecule has 0 fully saturated rings. The molecule has 2 aromatic rings. The molecule has 0 aliphatic rings. The summed E-state index contributed by atoms with van der Waals surface area (Å²) in [4.78, 5) is 25.6. The molecular weight excluding hydrogens is 424 g/mol. The fourth-order valence-electron chi connectivity index (χ4n) is 4.53. The molecule has 0 heterocycles. The predicted molar refractivity (Wildman–Crippen MR) is 143 cm³/mol. The van der Waals surface area contributed by atoms with Crippen molar-refractivity contribution in [3.05, 3.63) is 57.6 Å². The highest BCUT2D eigenvalue weighted by molar-refractivity contribution is 6.44. The summed E-state index contributed by atoms with van der Waals surface area (Å²) in [6.45, 7) is 18.2. The van der Waals surface area contributed by atoms with E-state index in [9.17, 15) is 9.59 Å². The number of hydrogen-bond donors (Lipinski definition) is 4. The van der Waals surface area contributed by atoms with Gasteiger partial charge < -0.3 is 21.3 Å². The molecule has 0 saturated heterocycles. The summed E-state index contributed by atoms with van der Waals surface area (Å²) in [6.07, 6.45) is 0. The van der Waals surface area contributed by atoms with Gasteiger partial charge in [-0.05, 0) is 75.2 Å². The lowest BCUT2D eigenvalue weighted by atomic mass is 9.82. The Hall–Kier alpha value is -2.70. The van der Waals surface area contributed by atoms with E-state index in [0.717, 1.165) is 35.3 Å². The lowest BCUT2D eigenvalue weighted by Gasteiger charge is -2.27. The Morgan fingerprint density at radius 2 is 0.882 bits per heavy atom. The molecule has 0 aliphatic carbocycles. The molecule has 2 rings (SSSR count). The second-order valence-corrected chi connectivity index (χ2v) is 10.7. The number of nitrogens with one attached hydrogen (secondary N) is 4. The van der Waals surface area contributed by atoms with Gasteiger partial charge in [0.15, 0.2) is 0 Å². The molecule has 0 saturated carbocycles. The minimum Gasteiger partial charge on any atom is -0.319 e. The third-order valence-corrected chi connectivity index (χ3v) is 6.55. The van der Waals surface area contributed by atoms with E-state index in [2.05, 4.69) is 73.2 Å². The summed E-state index contributed by atoms with van der Waals surface area (Å²) >= 11 is 0.